The monoisotopic (exact) mass is 341 g/mol. The molecule has 0 bridgehead atoms. The maximum absolute atomic E-state index is 5.48. The third-order valence-electron chi connectivity index (χ3n) is 4.42. The van der Waals surface area contributed by atoms with E-state index in [4.69, 9.17) is 9.62 Å². The summed E-state index contributed by atoms with van der Waals surface area (Å²) in [7, 11) is 0. The Balaban J connectivity index is 1.62. The van der Waals surface area contributed by atoms with Crippen LogP contribution in [0.3, 0.4) is 0 Å². The van der Waals surface area contributed by atoms with Gasteiger partial charge in [0.25, 0.3) is 0 Å². The quantitative estimate of drug-likeness (QED) is 0.764. The normalized spacial score (nSPS) is 15.5. The molecule has 0 aromatic carbocycles. The van der Waals surface area contributed by atoms with Crippen LogP contribution in [0.1, 0.15) is 44.2 Å². The van der Waals surface area contributed by atoms with Crippen LogP contribution in [-0.2, 0) is 19.5 Å². The lowest BCUT2D eigenvalue weighted by Gasteiger charge is -2.13. The molecule has 0 amide bonds. The molecule has 0 radical (unpaired) electrons. The van der Waals surface area contributed by atoms with Gasteiger partial charge in [-0.1, -0.05) is 19.0 Å². The molecule has 8 nitrogen and oxygen atoms in total. The maximum Gasteiger partial charge on any atom is 0.249 e. The second-order valence-electron chi connectivity index (χ2n) is 6.90. The van der Waals surface area contributed by atoms with Crippen molar-refractivity contribution in [3.8, 4) is 11.5 Å². The number of imidazole rings is 1. The van der Waals surface area contributed by atoms with Crippen LogP contribution in [0.2, 0.25) is 0 Å². The molecule has 0 saturated carbocycles. The number of rotatable bonds is 5. The number of hydrogen-bond donors (Lipinski definition) is 1. The smallest absolute Gasteiger partial charge is 0.249 e. The lowest BCUT2D eigenvalue weighted by molar-refractivity contribution is 0.341. The Bertz CT molecular complexity index is 837. The van der Waals surface area contributed by atoms with Crippen molar-refractivity contribution in [2.75, 3.05) is 6.54 Å². The summed E-state index contributed by atoms with van der Waals surface area (Å²) in [4.78, 5) is 9.05. The zero-order valence-electron chi connectivity index (χ0n) is 14.8. The van der Waals surface area contributed by atoms with Crippen LogP contribution in [0.4, 0.5) is 0 Å². The molecule has 1 aliphatic heterocycles. The topological polar surface area (TPSA) is 86.6 Å². The van der Waals surface area contributed by atoms with Crippen molar-refractivity contribution in [1.82, 2.24) is 34.8 Å². The Morgan fingerprint density at radius 1 is 1.32 bits per heavy atom. The van der Waals surface area contributed by atoms with Gasteiger partial charge in [0.05, 0.1) is 12.2 Å². The highest BCUT2D eigenvalue weighted by atomic mass is 16.5. The van der Waals surface area contributed by atoms with Gasteiger partial charge < -0.3 is 14.4 Å². The van der Waals surface area contributed by atoms with Crippen molar-refractivity contribution >= 4 is 0 Å². The van der Waals surface area contributed by atoms with E-state index < -0.39 is 0 Å². The summed E-state index contributed by atoms with van der Waals surface area (Å²) in [5.41, 5.74) is 2.05. The van der Waals surface area contributed by atoms with E-state index in [1.165, 1.54) is 5.69 Å². The SMILES string of the molecule is CC(C)Cc1noc(C(C)n2ccnc2-c2cc3n(n2)CCNC3)n1. The van der Waals surface area contributed by atoms with Crippen LogP contribution in [0.25, 0.3) is 11.5 Å². The molecule has 1 aliphatic rings. The Morgan fingerprint density at radius 2 is 2.20 bits per heavy atom. The fraction of sp³-hybridized carbons (Fsp3) is 0.529. The van der Waals surface area contributed by atoms with Crippen LogP contribution in [0.5, 0.6) is 0 Å². The summed E-state index contributed by atoms with van der Waals surface area (Å²) in [6.45, 7) is 8.99. The van der Waals surface area contributed by atoms with Gasteiger partial charge in [0.2, 0.25) is 5.89 Å². The summed E-state index contributed by atoms with van der Waals surface area (Å²) >= 11 is 0. The molecule has 1 atom stereocenters. The van der Waals surface area contributed by atoms with Crippen molar-refractivity contribution in [2.24, 2.45) is 5.92 Å². The highest BCUT2D eigenvalue weighted by Gasteiger charge is 2.22. The Hall–Kier alpha value is -2.48. The third kappa shape index (κ3) is 3.09. The predicted octanol–water partition coefficient (Wildman–Crippen LogP) is 2.04. The van der Waals surface area contributed by atoms with E-state index in [0.717, 1.165) is 43.4 Å². The van der Waals surface area contributed by atoms with E-state index in [9.17, 15) is 0 Å². The molecular formula is C17H23N7O. The minimum atomic E-state index is -0.0947. The molecule has 1 N–H and O–H groups in total. The standard InChI is InChI=1S/C17H23N7O/c1-11(2)8-15-20-17(25-22-15)12(3)23-6-5-19-16(23)14-9-13-10-18-4-7-24(13)21-14/h5-6,9,11-12,18H,4,7-8,10H2,1-3H3. The zero-order chi connectivity index (χ0) is 17.4. The molecular weight excluding hydrogens is 318 g/mol. The molecule has 3 aromatic heterocycles. The first-order chi connectivity index (χ1) is 12.1. The van der Waals surface area contributed by atoms with Gasteiger partial charge >= 0.3 is 0 Å². The molecule has 1 unspecified atom stereocenters. The maximum atomic E-state index is 5.48. The van der Waals surface area contributed by atoms with Gasteiger partial charge in [0.1, 0.15) is 11.7 Å². The number of aromatic nitrogens is 6. The Morgan fingerprint density at radius 3 is 3.00 bits per heavy atom. The molecule has 4 rings (SSSR count). The van der Waals surface area contributed by atoms with E-state index >= 15 is 0 Å². The lowest BCUT2D eigenvalue weighted by atomic mass is 10.1. The summed E-state index contributed by atoms with van der Waals surface area (Å²) in [6, 6.07) is 2.00. The largest absolute Gasteiger partial charge is 0.337 e. The van der Waals surface area contributed by atoms with E-state index in [2.05, 4.69) is 40.4 Å². The molecule has 0 spiro atoms. The van der Waals surface area contributed by atoms with Crippen molar-refractivity contribution in [3.05, 3.63) is 35.9 Å². The second kappa shape index (κ2) is 6.44. The molecule has 0 saturated heterocycles. The van der Waals surface area contributed by atoms with Crippen LogP contribution in [0, 0.1) is 5.92 Å². The first-order valence-electron chi connectivity index (χ1n) is 8.75. The van der Waals surface area contributed by atoms with Crippen LogP contribution < -0.4 is 5.32 Å². The zero-order valence-corrected chi connectivity index (χ0v) is 14.8. The first-order valence-corrected chi connectivity index (χ1v) is 8.75. The summed E-state index contributed by atoms with van der Waals surface area (Å²) in [6.07, 6.45) is 4.53. The van der Waals surface area contributed by atoms with E-state index in [-0.39, 0.29) is 6.04 Å². The predicted molar refractivity (Wildman–Crippen MR) is 91.8 cm³/mol. The van der Waals surface area contributed by atoms with Crippen molar-refractivity contribution in [2.45, 2.75) is 46.3 Å². The Labute approximate surface area is 146 Å². The van der Waals surface area contributed by atoms with Crippen molar-refractivity contribution in [3.63, 3.8) is 0 Å². The number of nitrogens with one attached hydrogen (secondary N) is 1. The lowest BCUT2D eigenvalue weighted by Crippen LogP contribution is -2.28. The fourth-order valence-corrected chi connectivity index (χ4v) is 3.13. The average Bonchev–Trinajstić information content (AvgIpc) is 3.31. The van der Waals surface area contributed by atoms with E-state index in [1.807, 2.05) is 22.4 Å². The van der Waals surface area contributed by atoms with Gasteiger partial charge in [-0.25, -0.2) is 4.98 Å². The fourth-order valence-electron chi connectivity index (χ4n) is 3.13. The third-order valence-corrected chi connectivity index (χ3v) is 4.42. The highest BCUT2D eigenvalue weighted by molar-refractivity contribution is 5.51. The van der Waals surface area contributed by atoms with Gasteiger partial charge in [-0.2, -0.15) is 10.1 Å². The van der Waals surface area contributed by atoms with Crippen LogP contribution in [-0.4, -0.2) is 36.0 Å². The van der Waals surface area contributed by atoms with Crippen molar-refractivity contribution < 1.29 is 4.52 Å². The summed E-state index contributed by atoms with van der Waals surface area (Å²) in [5.74, 6) is 2.66. The van der Waals surface area contributed by atoms with Crippen LogP contribution >= 0.6 is 0 Å². The van der Waals surface area contributed by atoms with E-state index in [1.54, 1.807) is 6.20 Å². The number of fused-ring (bicyclic) bond motifs is 1. The highest BCUT2D eigenvalue weighted by Crippen LogP contribution is 2.25. The number of hydrogen-bond acceptors (Lipinski definition) is 6. The molecule has 132 valence electrons. The molecule has 25 heavy (non-hydrogen) atoms. The molecule has 0 fully saturated rings. The summed E-state index contributed by atoms with van der Waals surface area (Å²) < 4.78 is 9.56. The van der Waals surface area contributed by atoms with Gasteiger partial charge in [0.15, 0.2) is 11.6 Å². The molecule has 8 heteroatoms. The second-order valence-corrected chi connectivity index (χ2v) is 6.90. The van der Waals surface area contributed by atoms with Gasteiger partial charge in [-0.15, -0.1) is 0 Å². The summed E-state index contributed by atoms with van der Waals surface area (Å²) in [5, 5.41) is 12.2. The van der Waals surface area contributed by atoms with Gasteiger partial charge in [-0.05, 0) is 18.9 Å². The Kier molecular flexibility index (Phi) is 4.12. The van der Waals surface area contributed by atoms with Crippen molar-refractivity contribution in [1.29, 1.82) is 0 Å². The average molecular weight is 341 g/mol. The minimum absolute atomic E-state index is 0.0947. The minimum Gasteiger partial charge on any atom is -0.337 e. The first kappa shape index (κ1) is 16.0. The van der Waals surface area contributed by atoms with Gasteiger partial charge in [0, 0.05) is 31.9 Å². The number of nitrogens with zero attached hydrogens (tertiary/aromatic N) is 6. The molecule has 4 heterocycles. The van der Waals surface area contributed by atoms with Gasteiger partial charge in [-0.3, -0.25) is 4.68 Å². The molecule has 3 aromatic rings. The molecule has 0 aliphatic carbocycles. The van der Waals surface area contributed by atoms with E-state index in [0.29, 0.717) is 11.8 Å². The van der Waals surface area contributed by atoms with Crippen LogP contribution in [0.15, 0.2) is 23.0 Å².